The molecule has 4 unspecified atom stereocenters. The number of ether oxygens (including phenoxy) is 1. The average Bonchev–Trinajstić information content (AvgIpc) is 2.84. The Morgan fingerprint density at radius 1 is 1.50 bits per heavy atom. The third-order valence-corrected chi connectivity index (χ3v) is 3.47. The fraction of sp³-hybridized carbons (Fsp3) is 0.778. The van der Waals surface area contributed by atoms with Crippen molar-refractivity contribution in [2.75, 3.05) is 18.9 Å². The molecule has 2 rings (SSSR count). The molecule has 0 amide bonds. The summed E-state index contributed by atoms with van der Waals surface area (Å²) in [4.78, 5) is 22.1. The molecule has 3 N–H and O–H groups in total. The Labute approximate surface area is 97.4 Å². The zero-order chi connectivity index (χ0) is 11.9. The lowest BCUT2D eigenvalue weighted by Crippen LogP contribution is -2.57. The maximum Gasteiger partial charge on any atom is 0.326 e. The van der Waals surface area contributed by atoms with Crippen LogP contribution in [-0.2, 0) is 14.3 Å². The Hall–Kier alpha value is -0.790. The summed E-state index contributed by atoms with van der Waals surface area (Å²) in [6.45, 7) is 0.434. The van der Waals surface area contributed by atoms with Gasteiger partial charge in [-0.25, -0.2) is 0 Å². The highest BCUT2D eigenvalue weighted by atomic mass is 32.1. The summed E-state index contributed by atoms with van der Waals surface area (Å²) < 4.78 is 5.23. The lowest BCUT2D eigenvalue weighted by Gasteiger charge is -2.26. The Morgan fingerprint density at radius 3 is 2.62 bits per heavy atom. The van der Waals surface area contributed by atoms with E-state index in [0.29, 0.717) is 12.3 Å². The second-order valence-corrected chi connectivity index (χ2v) is 4.54. The van der Waals surface area contributed by atoms with Crippen molar-refractivity contribution < 1.29 is 24.5 Å². The fourth-order valence-corrected chi connectivity index (χ4v) is 2.54. The van der Waals surface area contributed by atoms with Gasteiger partial charge in [0.05, 0.1) is 18.6 Å². The van der Waals surface area contributed by atoms with E-state index in [1.54, 1.807) is 0 Å². The number of carbonyl (C=O) groups is 2. The van der Waals surface area contributed by atoms with Crippen LogP contribution in [0.2, 0.25) is 0 Å². The summed E-state index contributed by atoms with van der Waals surface area (Å²) in [7, 11) is 0. The summed E-state index contributed by atoms with van der Waals surface area (Å²) in [5, 5.41) is 21.0. The minimum atomic E-state index is -1.25. The van der Waals surface area contributed by atoms with Crippen molar-refractivity contribution in [3.05, 3.63) is 0 Å². The molecule has 1 saturated heterocycles. The second-order valence-electron chi connectivity index (χ2n) is 4.09. The van der Waals surface area contributed by atoms with Crippen LogP contribution in [0.25, 0.3) is 0 Å². The largest absolute Gasteiger partial charge is 0.481 e. The molecule has 16 heavy (non-hydrogen) atoms. The maximum absolute atomic E-state index is 11.3. The molecule has 0 aromatic rings. The first-order valence-electron chi connectivity index (χ1n) is 4.98. The molecule has 90 valence electrons. The molecule has 0 aromatic heterocycles. The molecule has 1 saturated carbocycles. The molecule has 0 aromatic carbocycles. The predicted molar refractivity (Wildman–Crippen MR) is 56.6 cm³/mol. The van der Waals surface area contributed by atoms with Crippen molar-refractivity contribution in [2.45, 2.75) is 11.6 Å². The molecule has 0 spiro atoms. The van der Waals surface area contributed by atoms with Crippen LogP contribution in [0.1, 0.15) is 0 Å². The molecule has 1 heterocycles. The normalized spacial score (nSPS) is 40.4. The van der Waals surface area contributed by atoms with Crippen LogP contribution in [0.15, 0.2) is 0 Å². The number of fused-ring (bicyclic) bond motifs is 1. The molecule has 0 bridgehead atoms. The fourth-order valence-electron chi connectivity index (χ4n) is 2.42. The van der Waals surface area contributed by atoms with Gasteiger partial charge in [-0.15, -0.1) is 0 Å². The summed E-state index contributed by atoms with van der Waals surface area (Å²) in [6.07, 6.45) is -0.457. The molecule has 2 fully saturated rings. The van der Waals surface area contributed by atoms with Crippen molar-refractivity contribution in [1.29, 1.82) is 0 Å². The first-order valence-corrected chi connectivity index (χ1v) is 5.61. The van der Waals surface area contributed by atoms with Gasteiger partial charge in [0, 0.05) is 18.2 Å². The van der Waals surface area contributed by atoms with E-state index in [0.717, 1.165) is 0 Å². The van der Waals surface area contributed by atoms with Crippen molar-refractivity contribution in [1.82, 2.24) is 5.32 Å². The first-order chi connectivity index (χ1) is 7.54. The van der Waals surface area contributed by atoms with E-state index in [9.17, 15) is 14.7 Å². The number of hydrogen-bond acceptors (Lipinski definition) is 5. The van der Waals surface area contributed by atoms with Gasteiger partial charge >= 0.3 is 11.9 Å². The molecule has 6 nitrogen and oxygen atoms in total. The van der Waals surface area contributed by atoms with Gasteiger partial charge in [-0.3, -0.25) is 14.9 Å². The zero-order valence-electron chi connectivity index (χ0n) is 8.42. The molecule has 1 aliphatic heterocycles. The van der Waals surface area contributed by atoms with Crippen molar-refractivity contribution >= 4 is 24.6 Å². The van der Waals surface area contributed by atoms with Crippen molar-refractivity contribution in [2.24, 2.45) is 11.8 Å². The number of aliphatic carboxylic acids is 2. The molecule has 2 aliphatic rings. The third-order valence-electron chi connectivity index (χ3n) is 3.25. The van der Waals surface area contributed by atoms with E-state index in [1.807, 2.05) is 0 Å². The van der Waals surface area contributed by atoms with Gasteiger partial charge in [0.2, 0.25) is 0 Å². The number of carboxylic acid groups (broad SMARTS) is 2. The van der Waals surface area contributed by atoms with Gasteiger partial charge in [0.25, 0.3) is 0 Å². The first kappa shape index (κ1) is 11.7. The summed E-state index contributed by atoms with van der Waals surface area (Å²) in [6, 6.07) is 0. The van der Waals surface area contributed by atoms with E-state index in [4.69, 9.17) is 9.84 Å². The summed E-state index contributed by atoms with van der Waals surface area (Å²) in [5.41, 5.74) is -1.25. The monoisotopic (exact) mass is 247 g/mol. The van der Waals surface area contributed by atoms with Crippen LogP contribution in [0.4, 0.5) is 0 Å². The van der Waals surface area contributed by atoms with Gasteiger partial charge in [-0.05, 0) is 0 Å². The van der Waals surface area contributed by atoms with Crippen molar-refractivity contribution in [3.8, 4) is 0 Å². The zero-order valence-corrected chi connectivity index (χ0v) is 9.31. The summed E-state index contributed by atoms with van der Waals surface area (Å²) >= 11 is 3.99. The van der Waals surface area contributed by atoms with Crippen LogP contribution >= 0.6 is 12.6 Å². The van der Waals surface area contributed by atoms with Gasteiger partial charge in [0.1, 0.15) is 5.54 Å². The van der Waals surface area contributed by atoms with Gasteiger partial charge in [-0.2, -0.15) is 12.6 Å². The van der Waals surface area contributed by atoms with Crippen molar-refractivity contribution in [3.63, 3.8) is 0 Å². The minimum absolute atomic E-state index is 0.0230. The molecule has 0 radical (unpaired) electrons. The number of carboxylic acids is 2. The highest BCUT2D eigenvalue weighted by Crippen LogP contribution is 2.54. The Morgan fingerprint density at radius 2 is 2.19 bits per heavy atom. The Balaban J connectivity index is 2.15. The van der Waals surface area contributed by atoms with E-state index in [2.05, 4.69) is 17.9 Å². The van der Waals surface area contributed by atoms with Gasteiger partial charge in [0.15, 0.2) is 0 Å². The highest BCUT2D eigenvalue weighted by Gasteiger charge is 2.73. The molecule has 4 atom stereocenters. The highest BCUT2D eigenvalue weighted by molar-refractivity contribution is 7.80. The van der Waals surface area contributed by atoms with Crippen LogP contribution in [0, 0.1) is 11.8 Å². The van der Waals surface area contributed by atoms with E-state index in [-0.39, 0.29) is 6.61 Å². The van der Waals surface area contributed by atoms with Gasteiger partial charge in [-0.1, -0.05) is 0 Å². The number of thiol groups is 1. The van der Waals surface area contributed by atoms with Crippen LogP contribution in [-0.4, -0.2) is 52.7 Å². The van der Waals surface area contributed by atoms with Gasteiger partial charge < -0.3 is 14.9 Å². The molecular formula is C9H13NO5S. The quantitative estimate of drug-likeness (QED) is 0.468. The average molecular weight is 247 g/mol. The standard InChI is InChI=1S/C9H13NO5S/c11-7(12)4-5-6(4)15-3-9(5,8(13)14)10-1-2-16/h4-6,10,16H,1-3H2,(H,11,12)(H,13,14). The van der Waals surface area contributed by atoms with E-state index >= 15 is 0 Å². The summed E-state index contributed by atoms with van der Waals surface area (Å²) in [5.74, 6) is -2.72. The topological polar surface area (TPSA) is 95.9 Å². The minimum Gasteiger partial charge on any atom is -0.481 e. The predicted octanol–water partition coefficient (Wildman–Crippen LogP) is -0.941. The van der Waals surface area contributed by atoms with E-state index < -0.39 is 35.4 Å². The Bertz CT molecular complexity index is 336. The number of rotatable bonds is 5. The maximum atomic E-state index is 11.3. The molecule has 1 aliphatic carbocycles. The number of hydrogen-bond donors (Lipinski definition) is 4. The lowest BCUT2D eigenvalue weighted by atomic mass is 9.93. The molecular weight excluding hydrogens is 234 g/mol. The second kappa shape index (κ2) is 3.90. The smallest absolute Gasteiger partial charge is 0.326 e. The SMILES string of the molecule is O=C(O)C1C2OCC(NCCS)(C(=O)O)C21. The van der Waals surface area contributed by atoms with Crippen LogP contribution < -0.4 is 5.32 Å². The number of nitrogens with one attached hydrogen (secondary N) is 1. The van der Waals surface area contributed by atoms with E-state index in [1.165, 1.54) is 0 Å². The third kappa shape index (κ3) is 1.50. The van der Waals surface area contributed by atoms with Crippen LogP contribution in [0.5, 0.6) is 0 Å². The molecule has 7 heteroatoms. The lowest BCUT2D eigenvalue weighted by molar-refractivity contribution is -0.148. The Kier molecular flexibility index (Phi) is 2.85. The van der Waals surface area contributed by atoms with Crippen LogP contribution in [0.3, 0.4) is 0 Å².